The van der Waals surface area contributed by atoms with Crippen molar-refractivity contribution in [1.29, 1.82) is 0 Å². The number of fused-ring (bicyclic) bond motifs is 1. The monoisotopic (exact) mass is 397 g/mol. The number of carbonyl (C=O) groups is 2. The number of amides is 2. The molecule has 0 fully saturated rings. The zero-order valence-corrected chi connectivity index (χ0v) is 15.4. The molecule has 9 nitrogen and oxygen atoms in total. The molecule has 2 aromatic heterocycles. The summed E-state index contributed by atoms with van der Waals surface area (Å²) >= 11 is 1.23. The minimum atomic E-state index is -0.408. The molecule has 4 rings (SSSR count). The molecule has 0 saturated carbocycles. The quantitative estimate of drug-likeness (QED) is 0.678. The fraction of sp³-hybridized carbons (Fsp3) is 0.167. The van der Waals surface area contributed by atoms with Gasteiger partial charge < -0.3 is 14.8 Å². The van der Waals surface area contributed by atoms with Crippen molar-refractivity contribution >= 4 is 34.0 Å². The van der Waals surface area contributed by atoms with Gasteiger partial charge in [-0.3, -0.25) is 19.9 Å². The maximum Gasteiger partial charge on any atom is 0.277 e. The van der Waals surface area contributed by atoms with Crippen LogP contribution < -0.4 is 20.1 Å². The number of ether oxygens (including phenoxy) is 2. The van der Waals surface area contributed by atoms with Gasteiger partial charge in [0.15, 0.2) is 16.6 Å². The third-order valence-corrected chi connectivity index (χ3v) is 4.54. The van der Waals surface area contributed by atoms with Crippen LogP contribution in [-0.4, -0.2) is 40.0 Å². The number of rotatable bonds is 5. The van der Waals surface area contributed by atoms with Crippen LogP contribution in [0.1, 0.15) is 16.2 Å². The van der Waals surface area contributed by atoms with Crippen LogP contribution in [0.4, 0.5) is 10.8 Å². The molecule has 0 bridgehead atoms. The summed E-state index contributed by atoms with van der Waals surface area (Å²) in [5, 5.41) is 7.55. The summed E-state index contributed by atoms with van der Waals surface area (Å²) in [6.45, 7) is 0.991. The molecule has 0 radical (unpaired) electrons. The van der Waals surface area contributed by atoms with Crippen molar-refractivity contribution in [2.45, 2.75) is 6.42 Å². The fourth-order valence-corrected chi connectivity index (χ4v) is 3.22. The third kappa shape index (κ3) is 4.23. The van der Waals surface area contributed by atoms with E-state index in [1.165, 1.54) is 29.9 Å². The van der Waals surface area contributed by atoms with E-state index < -0.39 is 5.91 Å². The lowest BCUT2D eigenvalue weighted by molar-refractivity contribution is -0.115. The molecule has 10 heteroatoms. The highest BCUT2D eigenvalue weighted by Gasteiger charge is 2.15. The van der Waals surface area contributed by atoms with E-state index >= 15 is 0 Å². The van der Waals surface area contributed by atoms with Gasteiger partial charge in [0.1, 0.15) is 18.9 Å². The summed E-state index contributed by atoms with van der Waals surface area (Å²) in [6.07, 6.45) is 4.36. The molecule has 28 heavy (non-hydrogen) atoms. The normalized spacial score (nSPS) is 12.3. The maximum atomic E-state index is 12.3. The Hall–Kier alpha value is -3.53. The van der Waals surface area contributed by atoms with Gasteiger partial charge in [-0.15, -0.1) is 11.3 Å². The Bertz CT molecular complexity index is 1010. The van der Waals surface area contributed by atoms with Gasteiger partial charge in [0.25, 0.3) is 5.91 Å². The number of thiazole rings is 1. The first-order valence-electron chi connectivity index (χ1n) is 8.38. The van der Waals surface area contributed by atoms with Crippen molar-refractivity contribution in [3.63, 3.8) is 0 Å². The number of hydrogen-bond acceptors (Lipinski definition) is 8. The molecule has 0 atom stereocenters. The Morgan fingerprint density at radius 3 is 2.79 bits per heavy atom. The summed E-state index contributed by atoms with van der Waals surface area (Å²) in [6, 6.07) is 5.23. The molecule has 0 saturated heterocycles. The van der Waals surface area contributed by atoms with E-state index in [0.29, 0.717) is 41.2 Å². The second-order valence-electron chi connectivity index (χ2n) is 5.77. The Labute approximate surface area is 163 Å². The summed E-state index contributed by atoms with van der Waals surface area (Å²) in [4.78, 5) is 36.4. The summed E-state index contributed by atoms with van der Waals surface area (Å²) in [5.74, 6) is 0.627. The van der Waals surface area contributed by atoms with Crippen LogP contribution in [0.5, 0.6) is 11.5 Å². The van der Waals surface area contributed by atoms with Gasteiger partial charge in [-0.25, -0.2) is 9.97 Å². The van der Waals surface area contributed by atoms with Gasteiger partial charge in [-0.05, 0) is 12.1 Å². The molecular formula is C18H15N5O4S. The van der Waals surface area contributed by atoms with Gasteiger partial charge in [-0.1, -0.05) is 0 Å². The van der Waals surface area contributed by atoms with Gasteiger partial charge in [0.05, 0.1) is 18.3 Å². The van der Waals surface area contributed by atoms with Crippen molar-refractivity contribution in [3.05, 3.63) is 53.6 Å². The Morgan fingerprint density at radius 1 is 1.11 bits per heavy atom. The van der Waals surface area contributed by atoms with Gasteiger partial charge in [-0.2, -0.15) is 0 Å². The fourth-order valence-electron chi connectivity index (χ4n) is 2.51. The van der Waals surface area contributed by atoms with E-state index in [1.807, 2.05) is 0 Å². The minimum Gasteiger partial charge on any atom is -0.486 e. The Kier molecular flexibility index (Phi) is 5.11. The van der Waals surface area contributed by atoms with Crippen LogP contribution in [-0.2, 0) is 11.2 Å². The number of anilines is 2. The lowest BCUT2D eigenvalue weighted by atomic mass is 10.2. The number of carbonyl (C=O) groups excluding carboxylic acids is 2. The highest BCUT2D eigenvalue weighted by Crippen LogP contribution is 2.32. The van der Waals surface area contributed by atoms with Gasteiger partial charge in [0, 0.05) is 29.5 Å². The molecule has 0 spiro atoms. The van der Waals surface area contributed by atoms with Crippen LogP contribution in [0.3, 0.4) is 0 Å². The molecule has 1 aliphatic heterocycles. The molecule has 0 unspecified atom stereocenters. The van der Waals surface area contributed by atoms with E-state index in [-0.39, 0.29) is 18.0 Å². The van der Waals surface area contributed by atoms with Crippen molar-refractivity contribution in [2.24, 2.45) is 0 Å². The van der Waals surface area contributed by atoms with E-state index in [0.717, 1.165) is 0 Å². The number of hydrogen-bond donors (Lipinski definition) is 2. The third-order valence-electron chi connectivity index (χ3n) is 3.74. The molecule has 142 valence electrons. The second kappa shape index (κ2) is 8.01. The van der Waals surface area contributed by atoms with Crippen LogP contribution in [0.25, 0.3) is 0 Å². The number of benzene rings is 1. The van der Waals surface area contributed by atoms with E-state index in [4.69, 9.17) is 9.47 Å². The first-order chi connectivity index (χ1) is 13.7. The Morgan fingerprint density at radius 2 is 1.96 bits per heavy atom. The van der Waals surface area contributed by atoms with Crippen LogP contribution in [0.2, 0.25) is 0 Å². The first kappa shape index (κ1) is 17.9. The SMILES string of the molecule is O=C(Cc1csc(NC(=O)c2cnccn2)n1)Nc1ccc2c(c1)OCCO2. The predicted molar refractivity (Wildman–Crippen MR) is 102 cm³/mol. The molecule has 2 N–H and O–H groups in total. The van der Waals surface area contributed by atoms with Crippen molar-refractivity contribution in [2.75, 3.05) is 23.8 Å². The second-order valence-corrected chi connectivity index (χ2v) is 6.63. The lowest BCUT2D eigenvalue weighted by Gasteiger charge is -2.18. The Balaban J connectivity index is 1.34. The number of aromatic nitrogens is 3. The van der Waals surface area contributed by atoms with Crippen LogP contribution in [0.15, 0.2) is 42.2 Å². The van der Waals surface area contributed by atoms with Crippen molar-refractivity contribution in [3.8, 4) is 11.5 Å². The van der Waals surface area contributed by atoms with Gasteiger partial charge >= 0.3 is 0 Å². The minimum absolute atomic E-state index is 0.0754. The molecule has 2 amide bonds. The highest BCUT2D eigenvalue weighted by molar-refractivity contribution is 7.14. The molecule has 1 aromatic carbocycles. The maximum absolute atomic E-state index is 12.3. The summed E-state index contributed by atoms with van der Waals surface area (Å²) in [7, 11) is 0. The van der Waals surface area contributed by atoms with Gasteiger partial charge in [0.2, 0.25) is 5.91 Å². The van der Waals surface area contributed by atoms with E-state index in [2.05, 4.69) is 25.6 Å². The van der Waals surface area contributed by atoms with Crippen molar-refractivity contribution < 1.29 is 19.1 Å². The largest absolute Gasteiger partial charge is 0.486 e. The number of nitrogens with zero attached hydrogens (tertiary/aromatic N) is 3. The van der Waals surface area contributed by atoms with Crippen molar-refractivity contribution in [1.82, 2.24) is 15.0 Å². The molecule has 3 aromatic rings. The summed E-state index contributed by atoms with van der Waals surface area (Å²) in [5.41, 5.74) is 1.35. The average molecular weight is 397 g/mol. The average Bonchev–Trinajstić information content (AvgIpc) is 3.15. The zero-order valence-electron chi connectivity index (χ0n) is 14.5. The molecule has 0 aliphatic carbocycles. The molecular weight excluding hydrogens is 382 g/mol. The number of nitrogens with one attached hydrogen (secondary N) is 2. The molecule has 1 aliphatic rings. The summed E-state index contributed by atoms with van der Waals surface area (Å²) < 4.78 is 11.0. The zero-order chi connectivity index (χ0) is 19.3. The smallest absolute Gasteiger partial charge is 0.277 e. The van der Waals surface area contributed by atoms with E-state index in [9.17, 15) is 9.59 Å². The highest BCUT2D eigenvalue weighted by atomic mass is 32.1. The molecule has 3 heterocycles. The predicted octanol–water partition coefficient (Wildman–Crippen LogP) is 2.14. The van der Waals surface area contributed by atoms with Crippen LogP contribution >= 0.6 is 11.3 Å². The van der Waals surface area contributed by atoms with Crippen LogP contribution in [0, 0.1) is 0 Å². The lowest BCUT2D eigenvalue weighted by Crippen LogP contribution is -2.17. The first-order valence-corrected chi connectivity index (χ1v) is 9.26. The standard InChI is InChI=1S/C18H15N5O4S/c24-16(21-11-1-2-14-15(7-11)27-6-5-26-14)8-12-10-28-18(22-12)23-17(25)13-9-19-3-4-20-13/h1-4,7,9-10H,5-6,8H2,(H,21,24)(H,22,23,25). The topological polar surface area (TPSA) is 115 Å². The van der Waals surface area contributed by atoms with E-state index in [1.54, 1.807) is 23.6 Å².